The first-order chi connectivity index (χ1) is 11.9. The van der Waals surface area contributed by atoms with Crippen molar-refractivity contribution < 1.29 is 4.79 Å². The fourth-order valence-electron chi connectivity index (χ4n) is 4.36. The van der Waals surface area contributed by atoms with Crippen LogP contribution in [0.1, 0.15) is 76.7 Å². The lowest BCUT2D eigenvalue weighted by Crippen LogP contribution is -2.35. The van der Waals surface area contributed by atoms with Crippen molar-refractivity contribution in [2.24, 2.45) is 5.41 Å². The number of aromatic nitrogens is 2. The fourth-order valence-corrected chi connectivity index (χ4v) is 4.71. The van der Waals surface area contributed by atoms with Crippen LogP contribution in [-0.4, -0.2) is 15.5 Å². The van der Waals surface area contributed by atoms with E-state index in [1.165, 1.54) is 31.2 Å². The van der Waals surface area contributed by atoms with Crippen molar-refractivity contribution in [3.05, 3.63) is 28.5 Å². The van der Waals surface area contributed by atoms with Gasteiger partial charge in [-0.15, -0.1) is 0 Å². The second-order valence-electron chi connectivity index (χ2n) is 8.38. The Balaban J connectivity index is 1.77. The number of rotatable bonds is 2. The normalized spacial score (nSPS) is 24.4. The molecule has 4 nitrogen and oxygen atoms in total. The van der Waals surface area contributed by atoms with E-state index in [1.54, 1.807) is 0 Å². The summed E-state index contributed by atoms with van der Waals surface area (Å²) in [5.41, 5.74) is 2.66. The highest BCUT2D eigenvalue weighted by Gasteiger charge is 2.32. The molecular formula is C20H26BrN3O. The van der Waals surface area contributed by atoms with Gasteiger partial charge in [0.15, 0.2) is 0 Å². The van der Waals surface area contributed by atoms with E-state index in [2.05, 4.69) is 57.9 Å². The molecule has 1 amide bonds. The first-order valence-corrected chi connectivity index (χ1v) is 10.2. The number of halogens is 1. The van der Waals surface area contributed by atoms with E-state index in [9.17, 15) is 4.79 Å². The lowest BCUT2D eigenvalue weighted by atomic mass is 9.75. The van der Waals surface area contributed by atoms with Crippen molar-refractivity contribution in [2.75, 3.05) is 0 Å². The van der Waals surface area contributed by atoms with Gasteiger partial charge in [0, 0.05) is 16.9 Å². The third kappa shape index (κ3) is 3.35. The molecule has 0 radical (unpaired) electrons. The van der Waals surface area contributed by atoms with Gasteiger partial charge in [-0.1, -0.05) is 29.8 Å². The highest BCUT2D eigenvalue weighted by Crippen LogP contribution is 2.43. The second kappa shape index (κ2) is 6.42. The molecule has 1 atom stereocenters. The van der Waals surface area contributed by atoms with Crippen LogP contribution in [0.5, 0.6) is 0 Å². The fraction of sp³-hybridized carbons (Fsp3) is 0.600. The van der Waals surface area contributed by atoms with Crippen molar-refractivity contribution in [3.63, 3.8) is 0 Å². The molecule has 1 saturated carbocycles. The Hall–Kier alpha value is -1.36. The number of carbonyl (C=O) groups is 1. The maximum atomic E-state index is 11.9. The van der Waals surface area contributed by atoms with Gasteiger partial charge in [0.05, 0.1) is 17.1 Å². The Morgan fingerprint density at radius 2 is 2.00 bits per heavy atom. The molecule has 2 aromatic rings. The molecule has 0 bridgehead atoms. The van der Waals surface area contributed by atoms with Gasteiger partial charge in [0.2, 0.25) is 5.91 Å². The quantitative estimate of drug-likeness (QED) is 0.740. The molecule has 4 rings (SSSR count). The van der Waals surface area contributed by atoms with Gasteiger partial charge in [0.25, 0.3) is 0 Å². The summed E-state index contributed by atoms with van der Waals surface area (Å²) in [7, 11) is 0. The number of fused-ring (bicyclic) bond motifs is 1. The molecule has 1 saturated heterocycles. The van der Waals surface area contributed by atoms with Crippen molar-refractivity contribution >= 4 is 32.9 Å². The van der Waals surface area contributed by atoms with Gasteiger partial charge in [-0.25, -0.2) is 4.98 Å². The van der Waals surface area contributed by atoms with Crippen LogP contribution < -0.4 is 5.32 Å². The van der Waals surface area contributed by atoms with Gasteiger partial charge in [-0.05, 0) is 62.1 Å². The van der Waals surface area contributed by atoms with E-state index in [4.69, 9.17) is 4.98 Å². The number of hydrogen-bond donors (Lipinski definition) is 1. The van der Waals surface area contributed by atoms with E-state index in [-0.39, 0.29) is 11.9 Å². The zero-order valence-electron chi connectivity index (χ0n) is 15.0. The second-order valence-corrected chi connectivity index (χ2v) is 9.30. The monoisotopic (exact) mass is 403 g/mol. The molecule has 1 N–H and O–H groups in total. The minimum atomic E-state index is 0.0439. The Labute approximate surface area is 157 Å². The minimum absolute atomic E-state index is 0.0439. The average molecular weight is 404 g/mol. The van der Waals surface area contributed by atoms with Gasteiger partial charge >= 0.3 is 0 Å². The topological polar surface area (TPSA) is 46.9 Å². The average Bonchev–Trinajstić information content (AvgIpc) is 2.93. The number of carbonyl (C=O) groups excluding carboxylic acids is 1. The summed E-state index contributed by atoms with van der Waals surface area (Å²) >= 11 is 3.56. The summed E-state index contributed by atoms with van der Waals surface area (Å²) < 4.78 is 3.49. The van der Waals surface area contributed by atoms with Crippen molar-refractivity contribution in [2.45, 2.75) is 70.9 Å². The summed E-state index contributed by atoms with van der Waals surface area (Å²) in [6.07, 6.45) is 7.41. The smallest absolute Gasteiger partial charge is 0.220 e. The molecular weight excluding hydrogens is 378 g/mol. The summed E-state index contributed by atoms with van der Waals surface area (Å²) in [5, 5.41) is 3.17. The van der Waals surface area contributed by atoms with Crippen LogP contribution in [0, 0.1) is 5.41 Å². The van der Waals surface area contributed by atoms with Crippen molar-refractivity contribution in [3.8, 4) is 0 Å². The highest BCUT2D eigenvalue weighted by atomic mass is 79.9. The molecule has 25 heavy (non-hydrogen) atoms. The molecule has 2 aliphatic rings. The maximum absolute atomic E-state index is 11.9. The number of benzene rings is 1. The zero-order chi connectivity index (χ0) is 17.6. The molecule has 5 heteroatoms. The van der Waals surface area contributed by atoms with E-state index in [0.29, 0.717) is 17.9 Å². The molecule has 2 fully saturated rings. The van der Waals surface area contributed by atoms with Crippen LogP contribution in [0.25, 0.3) is 11.0 Å². The number of imidazole rings is 1. The number of amides is 1. The van der Waals surface area contributed by atoms with Crippen LogP contribution in [0.4, 0.5) is 0 Å². The van der Waals surface area contributed by atoms with E-state index >= 15 is 0 Å². The summed E-state index contributed by atoms with van der Waals surface area (Å²) in [5.74, 6) is 1.20. The van der Waals surface area contributed by atoms with E-state index in [0.717, 1.165) is 28.7 Å². The zero-order valence-corrected chi connectivity index (χ0v) is 16.6. The number of hydrogen-bond acceptors (Lipinski definition) is 2. The van der Waals surface area contributed by atoms with Gasteiger partial charge in [-0.2, -0.15) is 0 Å². The predicted molar refractivity (Wildman–Crippen MR) is 103 cm³/mol. The molecule has 1 aliphatic heterocycles. The van der Waals surface area contributed by atoms with Crippen molar-refractivity contribution in [1.82, 2.24) is 14.9 Å². The van der Waals surface area contributed by atoms with Gasteiger partial charge in [0.1, 0.15) is 5.82 Å². The Bertz CT molecular complexity index is 801. The predicted octanol–water partition coefficient (Wildman–Crippen LogP) is 5.28. The Morgan fingerprint density at radius 1 is 1.24 bits per heavy atom. The van der Waals surface area contributed by atoms with Crippen LogP contribution in [-0.2, 0) is 4.79 Å². The van der Waals surface area contributed by atoms with Crippen LogP contribution in [0.3, 0.4) is 0 Å². The van der Waals surface area contributed by atoms with Crippen LogP contribution in [0.2, 0.25) is 0 Å². The first-order valence-electron chi connectivity index (χ1n) is 9.40. The molecule has 1 aliphatic carbocycles. The number of piperidine rings is 1. The van der Waals surface area contributed by atoms with Crippen molar-refractivity contribution in [1.29, 1.82) is 0 Å². The Morgan fingerprint density at radius 3 is 2.72 bits per heavy atom. The van der Waals surface area contributed by atoms with Crippen LogP contribution in [0.15, 0.2) is 22.7 Å². The molecule has 1 unspecified atom stereocenters. The Kier molecular flexibility index (Phi) is 4.38. The molecule has 1 aromatic carbocycles. The maximum Gasteiger partial charge on any atom is 0.220 e. The van der Waals surface area contributed by atoms with Gasteiger partial charge < -0.3 is 9.88 Å². The lowest BCUT2D eigenvalue weighted by molar-refractivity contribution is -0.123. The highest BCUT2D eigenvalue weighted by molar-refractivity contribution is 9.10. The largest absolute Gasteiger partial charge is 0.346 e. The number of nitrogens with zero attached hydrogens (tertiary/aromatic N) is 2. The number of nitrogens with one attached hydrogen (secondary N) is 1. The van der Waals surface area contributed by atoms with Gasteiger partial charge in [-0.3, -0.25) is 4.79 Å². The van der Waals surface area contributed by atoms with E-state index < -0.39 is 0 Å². The minimum Gasteiger partial charge on any atom is -0.346 e. The third-order valence-electron chi connectivity index (χ3n) is 5.90. The summed E-state index contributed by atoms with van der Waals surface area (Å²) in [4.78, 5) is 16.9. The van der Waals surface area contributed by atoms with Crippen LogP contribution >= 0.6 is 15.9 Å². The molecule has 134 valence electrons. The summed E-state index contributed by atoms with van der Waals surface area (Å²) in [6.45, 7) is 4.74. The first kappa shape index (κ1) is 17.1. The lowest BCUT2D eigenvalue weighted by Gasteiger charge is -2.36. The van der Waals surface area contributed by atoms with E-state index in [1.807, 2.05) is 0 Å². The third-order valence-corrected chi connectivity index (χ3v) is 6.39. The molecule has 1 aromatic heterocycles. The summed E-state index contributed by atoms with van der Waals surface area (Å²) in [6, 6.07) is 6.87. The SMILES string of the molecule is CC1(C)CCC(n2c(C3CCCC(=O)N3)nc3cc(Br)ccc32)CC1. The molecule has 2 heterocycles. The standard InChI is InChI=1S/C20H26BrN3O/c1-20(2)10-8-14(9-11-20)24-17-7-6-13(21)12-16(17)23-19(24)15-4-3-5-18(25)22-15/h6-7,12,14-15H,3-5,8-11H2,1-2H3,(H,22,25). The molecule has 0 spiro atoms.